The van der Waals surface area contributed by atoms with Gasteiger partial charge in [0.25, 0.3) is 0 Å². The van der Waals surface area contributed by atoms with Gasteiger partial charge in [-0.1, -0.05) is 30.3 Å². The largest absolute Gasteiger partial charge is 0.428 e. The molecule has 0 spiro atoms. The van der Waals surface area contributed by atoms with Crippen LogP contribution in [0, 0.1) is 0 Å². The fourth-order valence-electron chi connectivity index (χ4n) is 2.16. The summed E-state index contributed by atoms with van der Waals surface area (Å²) in [4.78, 5) is 12.0. The zero-order valence-corrected chi connectivity index (χ0v) is 11.6. The van der Waals surface area contributed by atoms with E-state index in [1.54, 1.807) is 30.3 Å². The summed E-state index contributed by atoms with van der Waals surface area (Å²) in [6.45, 7) is 0. The molecule has 1 N–H and O–H groups in total. The topological polar surface area (TPSA) is 76.4 Å². The van der Waals surface area contributed by atoms with Crippen LogP contribution in [0.4, 0.5) is 0 Å². The molecule has 21 heavy (non-hydrogen) atoms. The van der Waals surface area contributed by atoms with Crippen LogP contribution >= 0.6 is 0 Å². The van der Waals surface area contributed by atoms with Crippen molar-refractivity contribution in [2.75, 3.05) is 0 Å². The van der Waals surface area contributed by atoms with Crippen LogP contribution in [-0.2, 0) is 9.84 Å². The van der Waals surface area contributed by atoms with Crippen LogP contribution in [0.5, 0.6) is 0 Å². The lowest BCUT2D eigenvalue weighted by atomic mass is 10.2. The molecule has 3 rings (SSSR count). The van der Waals surface area contributed by atoms with Gasteiger partial charge in [-0.2, -0.15) is 4.73 Å². The van der Waals surface area contributed by atoms with Gasteiger partial charge in [-0.05, 0) is 24.3 Å². The van der Waals surface area contributed by atoms with E-state index in [0.717, 1.165) is 6.20 Å². The molecular formula is C15H11NO4S. The molecular weight excluding hydrogens is 290 g/mol. The average molecular weight is 301 g/mol. The summed E-state index contributed by atoms with van der Waals surface area (Å²) in [6.07, 6.45) is 0.938. The van der Waals surface area contributed by atoms with Crippen LogP contribution in [-0.4, -0.2) is 18.4 Å². The number of fused-ring (bicyclic) bond motifs is 1. The number of para-hydroxylation sites is 1. The summed E-state index contributed by atoms with van der Waals surface area (Å²) in [6, 6.07) is 13.9. The second kappa shape index (κ2) is 4.75. The van der Waals surface area contributed by atoms with Crippen LogP contribution in [0.1, 0.15) is 0 Å². The van der Waals surface area contributed by atoms with Gasteiger partial charge in [0.05, 0.1) is 22.0 Å². The Morgan fingerprint density at radius 1 is 0.905 bits per heavy atom. The molecule has 0 atom stereocenters. The molecule has 0 bridgehead atoms. The average Bonchev–Trinajstić information content (AvgIpc) is 2.51. The van der Waals surface area contributed by atoms with Gasteiger partial charge in [-0.25, -0.2) is 8.42 Å². The number of nitrogens with zero attached hydrogens (tertiary/aromatic N) is 1. The van der Waals surface area contributed by atoms with E-state index in [0.29, 0.717) is 4.73 Å². The minimum absolute atomic E-state index is 0.0115. The minimum Gasteiger partial charge on any atom is -0.428 e. The quantitative estimate of drug-likeness (QED) is 0.735. The molecule has 3 aromatic rings. The molecule has 0 fully saturated rings. The molecule has 5 nitrogen and oxygen atoms in total. The highest BCUT2D eigenvalue weighted by Crippen LogP contribution is 2.20. The second-order valence-electron chi connectivity index (χ2n) is 4.50. The Morgan fingerprint density at radius 3 is 2.24 bits per heavy atom. The fourth-order valence-corrected chi connectivity index (χ4v) is 3.52. The molecule has 1 heterocycles. The highest BCUT2D eigenvalue weighted by Gasteiger charge is 2.23. The van der Waals surface area contributed by atoms with Crippen LogP contribution in [0.3, 0.4) is 0 Å². The molecule has 0 saturated carbocycles. The molecule has 0 radical (unpaired) electrons. The number of sulfone groups is 1. The Bertz CT molecular complexity index is 975. The lowest BCUT2D eigenvalue weighted by Gasteiger charge is -2.08. The first-order valence-electron chi connectivity index (χ1n) is 6.15. The molecule has 1 aromatic heterocycles. The van der Waals surface area contributed by atoms with Gasteiger partial charge in [0.2, 0.25) is 15.3 Å². The van der Waals surface area contributed by atoms with E-state index in [1.165, 1.54) is 24.3 Å². The minimum atomic E-state index is -3.98. The number of pyridine rings is 1. The van der Waals surface area contributed by atoms with E-state index in [2.05, 4.69) is 0 Å². The molecule has 0 saturated heterocycles. The van der Waals surface area contributed by atoms with E-state index in [9.17, 15) is 18.4 Å². The summed E-state index contributed by atoms with van der Waals surface area (Å²) < 4.78 is 25.7. The van der Waals surface area contributed by atoms with Crippen LogP contribution in [0.25, 0.3) is 10.9 Å². The lowest BCUT2D eigenvalue weighted by Crippen LogP contribution is -2.18. The Kier molecular flexibility index (Phi) is 3.03. The van der Waals surface area contributed by atoms with Gasteiger partial charge in [-0.3, -0.25) is 4.79 Å². The zero-order valence-electron chi connectivity index (χ0n) is 10.8. The van der Waals surface area contributed by atoms with Crippen molar-refractivity contribution in [3.63, 3.8) is 0 Å². The summed E-state index contributed by atoms with van der Waals surface area (Å²) in [5.41, 5.74) is -0.366. The first-order valence-corrected chi connectivity index (χ1v) is 7.64. The van der Waals surface area contributed by atoms with Crippen molar-refractivity contribution < 1.29 is 13.6 Å². The lowest BCUT2D eigenvalue weighted by molar-refractivity contribution is 0.195. The van der Waals surface area contributed by atoms with Crippen molar-refractivity contribution >= 4 is 20.7 Å². The number of benzene rings is 2. The summed E-state index contributed by atoms with van der Waals surface area (Å²) in [5.74, 6) is 0. The van der Waals surface area contributed by atoms with E-state index < -0.39 is 20.2 Å². The fraction of sp³-hybridized carbons (Fsp3) is 0. The third-order valence-corrected chi connectivity index (χ3v) is 4.96. The van der Waals surface area contributed by atoms with Gasteiger partial charge < -0.3 is 5.21 Å². The Hall–Kier alpha value is -2.60. The third kappa shape index (κ3) is 2.09. The van der Waals surface area contributed by atoms with E-state index in [4.69, 9.17) is 0 Å². The van der Waals surface area contributed by atoms with Gasteiger partial charge in [0, 0.05) is 0 Å². The molecule has 2 aromatic carbocycles. The van der Waals surface area contributed by atoms with E-state index >= 15 is 0 Å². The zero-order chi connectivity index (χ0) is 15.0. The molecule has 0 aliphatic heterocycles. The normalized spacial score (nSPS) is 11.6. The molecule has 0 unspecified atom stereocenters. The van der Waals surface area contributed by atoms with Crippen molar-refractivity contribution in [2.24, 2.45) is 0 Å². The molecule has 0 aliphatic rings. The maximum Gasteiger partial charge on any atom is 0.212 e. The van der Waals surface area contributed by atoms with Crippen molar-refractivity contribution in [1.29, 1.82) is 0 Å². The van der Waals surface area contributed by atoms with Crippen molar-refractivity contribution in [2.45, 2.75) is 9.79 Å². The monoisotopic (exact) mass is 301 g/mol. The number of hydrogen-bond acceptors (Lipinski definition) is 4. The molecule has 0 aliphatic carbocycles. The van der Waals surface area contributed by atoms with Gasteiger partial charge in [0.15, 0.2) is 0 Å². The van der Waals surface area contributed by atoms with Crippen LogP contribution in [0.2, 0.25) is 0 Å². The first-order chi connectivity index (χ1) is 10.0. The number of rotatable bonds is 2. The SMILES string of the molecule is O=c1c(S(=O)(=O)c2ccccc2)cn(O)c2ccccc12. The highest BCUT2D eigenvalue weighted by molar-refractivity contribution is 7.91. The molecule has 106 valence electrons. The number of aromatic nitrogens is 1. The maximum absolute atomic E-state index is 12.5. The number of hydrogen-bond donors (Lipinski definition) is 1. The second-order valence-corrected chi connectivity index (χ2v) is 6.42. The van der Waals surface area contributed by atoms with E-state index in [1.807, 2.05) is 0 Å². The van der Waals surface area contributed by atoms with Crippen molar-refractivity contribution in [3.8, 4) is 0 Å². The summed E-state index contributed by atoms with van der Waals surface area (Å²) in [5, 5.41) is 10.1. The Morgan fingerprint density at radius 2 is 1.52 bits per heavy atom. The molecule has 6 heteroatoms. The Balaban J connectivity index is 2.37. The first kappa shape index (κ1) is 13.4. The van der Waals surface area contributed by atoms with Crippen LogP contribution in [0.15, 0.2) is 75.4 Å². The highest BCUT2D eigenvalue weighted by atomic mass is 32.2. The van der Waals surface area contributed by atoms with E-state index in [-0.39, 0.29) is 15.8 Å². The van der Waals surface area contributed by atoms with Crippen LogP contribution < -0.4 is 5.43 Å². The smallest absolute Gasteiger partial charge is 0.212 e. The van der Waals surface area contributed by atoms with Gasteiger partial charge in [0.1, 0.15) is 4.90 Å². The van der Waals surface area contributed by atoms with Gasteiger partial charge in [-0.15, -0.1) is 0 Å². The van der Waals surface area contributed by atoms with Crippen molar-refractivity contribution in [1.82, 2.24) is 4.73 Å². The predicted octanol–water partition coefficient (Wildman–Crippen LogP) is 2.07. The third-order valence-electron chi connectivity index (χ3n) is 3.20. The Labute approximate surface area is 120 Å². The standard InChI is InChI=1S/C15H11NO4S/c17-15-12-8-4-5-9-13(12)16(18)10-14(15)21(19,20)11-6-2-1-3-7-11/h1-10,18H. The van der Waals surface area contributed by atoms with Crippen molar-refractivity contribution in [3.05, 3.63) is 71.0 Å². The molecule has 0 amide bonds. The maximum atomic E-state index is 12.5. The van der Waals surface area contributed by atoms with Gasteiger partial charge >= 0.3 is 0 Å². The summed E-state index contributed by atoms with van der Waals surface area (Å²) >= 11 is 0. The summed E-state index contributed by atoms with van der Waals surface area (Å²) in [7, 11) is -3.98. The predicted molar refractivity (Wildman–Crippen MR) is 77.3 cm³/mol.